The summed E-state index contributed by atoms with van der Waals surface area (Å²) < 4.78 is 1.05. The normalized spacial score (nSPS) is 14.0. The quantitative estimate of drug-likeness (QED) is 0.597. The van der Waals surface area contributed by atoms with Gasteiger partial charge < -0.3 is 10.6 Å². The molecule has 3 aromatic rings. The Balaban J connectivity index is 1.41. The number of nitrogens with one attached hydrogen (secondary N) is 2. The van der Waals surface area contributed by atoms with Gasteiger partial charge in [-0.15, -0.1) is 0 Å². The number of hydrogen-bond acceptors (Lipinski definition) is 3. The highest BCUT2D eigenvalue weighted by atomic mass is 79.9. The maximum atomic E-state index is 12.1. The van der Waals surface area contributed by atoms with Gasteiger partial charge in [0.15, 0.2) is 0 Å². The molecule has 132 valence electrons. The van der Waals surface area contributed by atoms with Crippen LogP contribution in [0.4, 0.5) is 11.5 Å². The third-order valence-electron chi connectivity index (χ3n) is 4.80. The summed E-state index contributed by atoms with van der Waals surface area (Å²) in [6.45, 7) is 0.655. The molecule has 0 bridgehead atoms. The standard InChI is InChI=1S/C21H20BrN3O/c22-17-8-9-19-16(12-17)7-10-20(25-19)23-13-14-3-1-6-18(11-14)24-21(26)15-4-2-5-15/h1,3,6-12,15H,2,4-5,13H2,(H,23,25)(H,24,26). The average molecular weight is 410 g/mol. The molecular formula is C21H20BrN3O. The van der Waals surface area contributed by atoms with Crippen molar-refractivity contribution in [2.24, 2.45) is 5.92 Å². The van der Waals surface area contributed by atoms with Gasteiger partial charge in [-0.3, -0.25) is 4.79 Å². The van der Waals surface area contributed by atoms with Crippen molar-refractivity contribution in [3.8, 4) is 0 Å². The third-order valence-corrected chi connectivity index (χ3v) is 5.29. The lowest BCUT2D eigenvalue weighted by Gasteiger charge is -2.24. The fourth-order valence-corrected chi connectivity index (χ4v) is 3.44. The van der Waals surface area contributed by atoms with Crippen molar-refractivity contribution in [2.45, 2.75) is 25.8 Å². The van der Waals surface area contributed by atoms with Crippen LogP contribution in [0.2, 0.25) is 0 Å². The van der Waals surface area contributed by atoms with E-state index in [1.165, 1.54) is 0 Å². The van der Waals surface area contributed by atoms with Gasteiger partial charge in [0.05, 0.1) is 5.52 Å². The van der Waals surface area contributed by atoms with E-state index >= 15 is 0 Å². The monoisotopic (exact) mass is 409 g/mol. The first-order valence-electron chi connectivity index (χ1n) is 8.87. The number of benzene rings is 2. The van der Waals surface area contributed by atoms with E-state index in [1.807, 2.05) is 42.5 Å². The van der Waals surface area contributed by atoms with Crippen LogP contribution in [0.5, 0.6) is 0 Å². The van der Waals surface area contributed by atoms with Crippen LogP contribution in [0.25, 0.3) is 10.9 Å². The van der Waals surface area contributed by atoms with Crippen molar-refractivity contribution in [1.82, 2.24) is 4.98 Å². The van der Waals surface area contributed by atoms with Gasteiger partial charge in [0.1, 0.15) is 5.82 Å². The maximum absolute atomic E-state index is 12.1. The van der Waals surface area contributed by atoms with E-state index < -0.39 is 0 Å². The van der Waals surface area contributed by atoms with Gasteiger partial charge in [-0.25, -0.2) is 4.98 Å². The molecule has 2 N–H and O–H groups in total. The zero-order chi connectivity index (χ0) is 17.9. The fraction of sp³-hybridized carbons (Fsp3) is 0.238. The van der Waals surface area contributed by atoms with E-state index in [0.717, 1.165) is 51.7 Å². The molecule has 26 heavy (non-hydrogen) atoms. The van der Waals surface area contributed by atoms with Crippen LogP contribution < -0.4 is 10.6 Å². The van der Waals surface area contributed by atoms with Crippen LogP contribution >= 0.6 is 15.9 Å². The number of carbonyl (C=O) groups is 1. The first kappa shape index (κ1) is 17.0. The Hall–Kier alpha value is -2.40. The number of nitrogens with zero attached hydrogens (tertiary/aromatic N) is 1. The topological polar surface area (TPSA) is 54.0 Å². The Bertz CT molecular complexity index is 953. The van der Waals surface area contributed by atoms with E-state index in [0.29, 0.717) is 6.54 Å². The zero-order valence-corrected chi connectivity index (χ0v) is 15.9. The Kier molecular flexibility index (Phi) is 4.89. The summed E-state index contributed by atoms with van der Waals surface area (Å²) in [5, 5.41) is 7.49. The highest BCUT2D eigenvalue weighted by molar-refractivity contribution is 9.10. The van der Waals surface area contributed by atoms with Gasteiger partial charge in [-0.05, 0) is 60.9 Å². The Morgan fingerprint density at radius 3 is 2.81 bits per heavy atom. The van der Waals surface area contributed by atoms with Gasteiger partial charge in [0.2, 0.25) is 5.91 Å². The molecule has 1 aliphatic rings. The maximum Gasteiger partial charge on any atom is 0.227 e. The van der Waals surface area contributed by atoms with Gasteiger partial charge >= 0.3 is 0 Å². The lowest BCUT2D eigenvalue weighted by atomic mass is 9.85. The first-order chi connectivity index (χ1) is 12.7. The molecule has 0 unspecified atom stereocenters. The van der Waals surface area contributed by atoms with Crippen molar-refractivity contribution in [3.63, 3.8) is 0 Å². The molecule has 0 spiro atoms. The number of fused-ring (bicyclic) bond motifs is 1. The molecular weight excluding hydrogens is 390 g/mol. The molecule has 1 aliphatic carbocycles. The van der Waals surface area contributed by atoms with E-state index in [9.17, 15) is 4.79 Å². The summed E-state index contributed by atoms with van der Waals surface area (Å²) in [5.41, 5.74) is 2.92. The molecule has 0 saturated heterocycles. The van der Waals surface area contributed by atoms with Crippen LogP contribution in [0, 0.1) is 5.92 Å². The Morgan fingerprint density at radius 1 is 1.12 bits per heavy atom. The average Bonchev–Trinajstić information content (AvgIpc) is 2.58. The summed E-state index contributed by atoms with van der Waals surface area (Å²) in [4.78, 5) is 16.7. The molecule has 1 amide bonds. The summed E-state index contributed by atoms with van der Waals surface area (Å²) in [6.07, 6.45) is 3.19. The number of halogens is 1. The van der Waals surface area contributed by atoms with E-state index in [1.54, 1.807) is 0 Å². The SMILES string of the molecule is O=C(Nc1cccc(CNc2ccc3cc(Br)ccc3n2)c1)C1CCC1. The number of hydrogen-bond donors (Lipinski definition) is 2. The second kappa shape index (κ2) is 7.46. The van der Waals surface area contributed by atoms with Crippen LogP contribution in [-0.4, -0.2) is 10.9 Å². The number of amides is 1. The largest absolute Gasteiger partial charge is 0.366 e. The van der Waals surface area contributed by atoms with Crippen molar-refractivity contribution < 1.29 is 4.79 Å². The summed E-state index contributed by atoms with van der Waals surface area (Å²) in [6, 6.07) is 18.1. The number of aromatic nitrogens is 1. The van der Waals surface area contributed by atoms with Gasteiger partial charge in [0.25, 0.3) is 0 Å². The number of carbonyl (C=O) groups excluding carboxylic acids is 1. The Morgan fingerprint density at radius 2 is 2.00 bits per heavy atom. The second-order valence-corrected chi connectivity index (χ2v) is 7.62. The van der Waals surface area contributed by atoms with E-state index in [2.05, 4.69) is 43.7 Å². The smallest absolute Gasteiger partial charge is 0.227 e. The number of rotatable bonds is 5. The zero-order valence-electron chi connectivity index (χ0n) is 14.3. The lowest BCUT2D eigenvalue weighted by Crippen LogP contribution is -2.28. The van der Waals surface area contributed by atoms with E-state index in [-0.39, 0.29) is 11.8 Å². The van der Waals surface area contributed by atoms with Crippen LogP contribution in [0.1, 0.15) is 24.8 Å². The fourth-order valence-electron chi connectivity index (χ4n) is 3.06. The highest BCUT2D eigenvalue weighted by Gasteiger charge is 2.25. The lowest BCUT2D eigenvalue weighted by molar-refractivity contribution is -0.122. The van der Waals surface area contributed by atoms with Gasteiger partial charge in [0, 0.05) is 28.0 Å². The van der Waals surface area contributed by atoms with E-state index in [4.69, 9.17) is 0 Å². The molecule has 0 radical (unpaired) electrons. The minimum atomic E-state index is 0.142. The van der Waals surface area contributed by atoms with Crippen molar-refractivity contribution in [2.75, 3.05) is 10.6 Å². The molecule has 1 aromatic heterocycles. The molecule has 2 aromatic carbocycles. The minimum absolute atomic E-state index is 0.142. The molecule has 1 fully saturated rings. The molecule has 4 rings (SSSR count). The first-order valence-corrected chi connectivity index (χ1v) is 9.67. The molecule has 4 nitrogen and oxygen atoms in total. The van der Waals surface area contributed by atoms with Crippen molar-refractivity contribution in [1.29, 1.82) is 0 Å². The van der Waals surface area contributed by atoms with Crippen LogP contribution in [0.3, 0.4) is 0 Å². The van der Waals surface area contributed by atoms with Gasteiger partial charge in [-0.2, -0.15) is 0 Å². The van der Waals surface area contributed by atoms with Crippen molar-refractivity contribution in [3.05, 3.63) is 64.6 Å². The summed E-state index contributed by atoms with van der Waals surface area (Å²) in [7, 11) is 0. The molecule has 0 aliphatic heterocycles. The predicted octanol–water partition coefficient (Wildman–Crippen LogP) is 5.35. The minimum Gasteiger partial charge on any atom is -0.366 e. The van der Waals surface area contributed by atoms with Crippen LogP contribution in [0.15, 0.2) is 59.1 Å². The Labute approximate surface area is 161 Å². The number of pyridine rings is 1. The molecule has 5 heteroatoms. The molecule has 0 atom stereocenters. The molecule has 1 heterocycles. The highest BCUT2D eigenvalue weighted by Crippen LogP contribution is 2.27. The summed E-state index contributed by atoms with van der Waals surface area (Å²) in [5.74, 6) is 1.17. The number of anilines is 2. The predicted molar refractivity (Wildman–Crippen MR) is 109 cm³/mol. The molecule has 1 saturated carbocycles. The van der Waals surface area contributed by atoms with Crippen molar-refractivity contribution >= 4 is 44.2 Å². The second-order valence-electron chi connectivity index (χ2n) is 6.70. The summed E-state index contributed by atoms with van der Waals surface area (Å²) >= 11 is 3.48. The van der Waals surface area contributed by atoms with Crippen LogP contribution in [-0.2, 0) is 11.3 Å². The third kappa shape index (κ3) is 3.88. The van der Waals surface area contributed by atoms with Gasteiger partial charge in [-0.1, -0.05) is 34.5 Å².